The van der Waals surface area contributed by atoms with E-state index in [1.165, 1.54) is 29.3 Å². The molecular weight excluding hydrogens is 521 g/mol. The SMILES string of the molecule is O=C(C[C@H](CCN1CCCCC1)NC(=O)c1nc(C2CCCC2)n(-c2ccccc2C(F)(F)F)n1)NC1CCC1. The first-order valence-corrected chi connectivity index (χ1v) is 14.7. The molecule has 8 nitrogen and oxygen atoms in total. The van der Waals surface area contributed by atoms with Crippen molar-refractivity contribution in [2.75, 3.05) is 19.6 Å². The summed E-state index contributed by atoms with van der Waals surface area (Å²) >= 11 is 0. The van der Waals surface area contributed by atoms with Gasteiger partial charge in [0.2, 0.25) is 11.7 Å². The number of hydrogen-bond donors (Lipinski definition) is 2. The van der Waals surface area contributed by atoms with Crippen LogP contribution in [0.5, 0.6) is 0 Å². The van der Waals surface area contributed by atoms with Gasteiger partial charge in [-0.1, -0.05) is 31.4 Å². The molecule has 218 valence electrons. The minimum atomic E-state index is -4.58. The fourth-order valence-corrected chi connectivity index (χ4v) is 6.00. The number of aromatic nitrogens is 3. The summed E-state index contributed by atoms with van der Waals surface area (Å²) in [6, 6.07) is 5.02. The van der Waals surface area contributed by atoms with Crippen LogP contribution in [-0.2, 0) is 11.0 Å². The molecule has 1 aromatic carbocycles. The number of alkyl halides is 3. The first-order valence-electron chi connectivity index (χ1n) is 14.7. The molecule has 0 bridgehead atoms. The third-order valence-electron chi connectivity index (χ3n) is 8.47. The van der Waals surface area contributed by atoms with E-state index in [0.29, 0.717) is 12.2 Å². The van der Waals surface area contributed by atoms with Gasteiger partial charge in [-0.15, -0.1) is 5.10 Å². The summed E-state index contributed by atoms with van der Waals surface area (Å²) in [6.45, 7) is 2.77. The van der Waals surface area contributed by atoms with Crippen molar-refractivity contribution in [3.05, 3.63) is 41.5 Å². The number of nitrogens with one attached hydrogen (secondary N) is 2. The van der Waals surface area contributed by atoms with Crippen LogP contribution in [0.3, 0.4) is 0 Å². The molecule has 2 N–H and O–H groups in total. The van der Waals surface area contributed by atoms with Crippen LogP contribution >= 0.6 is 0 Å². The first kappa shape index (κ1) is 28.6. The van der Waals surface area contributed by atoms with Crippen LogP contribution in [0.2, 0.25) is 0 Å². The number of piperidine rings is 1. The molecule has 2 aliphatic carbocycles. The summed E-state index contributed by atoms with van der Waals surface area (Å²) < 4.78 is 42.8. The van der Waals surface area contributed by atoms with Crippen LogP contribution in [0.25, 0.3) is 5.69 Å². The third-order valence-corrected chi connectivity index (χ3v) is 8.47. The quantitative estimate of drug-likeness (QED) is 0.428. The second kappa shape index (κ2) is 12.7. The van der Waals surface area contributed by atoms with Gasteiger partial charge in [-0.2, -0.15) is 13.2 Å². The fraction of sp³-hybridized carbons (Fsp3) is 0.655. The topological polar surface area (TPSA) is 92.2 Å². The molecule has 3 aliphatic rings. The Labute approximate surface area is 233 Å². The highest BCUT2D eigenvalue weighted by atomic mass is 19.4. The summed E-state index contributed by atoms with van der Waals surface area (Å²) in [5.74, 6) is -0.521. The van der Waals surface area contributed by atoms with Gasteiger partial charge >= 0.3 is 6.18 Å². The van der Waals surface area contributed by atoms with Gasteiger partial charge in [0.25, 0.3) is 5.91 Å². The highest BCUT2D eigenvalue weighted by molar-refractivity contribution is 5.91. The van der Waals surface area contributed by atoms with E-state index in [1.54, 1.807) is 0 Å². The average molecular weight is 561 g/mol. The molecule has 2 aromatic rings. The summed E-state index contributed by atoms with van der Waals surface area (Å²) in [5, 5.41) is 10.3. The van der Waals surface area contributed by atoms with E-state index in [1.807, 2.05) is 0 Å². The zero-order chi connectivity index (χ0) is 28.1. The minimum Gasteiger partial charge on any atom is -0.353 e. The van der Waals surface area contributed by atoms with E-state index in [9.17, 15) is 22.8 Å². The Morgan fingerprint density at radius 3 is 2.38 bits per heavy atom. The maximum atomic E-state index is 13.9. The zero-order valence-corrected chi connectivity index (χ0v) is 22.9. The number of hydrogen-bond acceptors (Lipinski definition) is 5. The molecule has 3 fully saturated rings. The molecule has 1 aliphatic heterocycles. The molecule has 1 saturated heterocycles. The van der Waals surface area contributed by atoms with E-state index in [0.717, 1.165) is 83.5 Å². The molecule has 0 spiro atoms. The predicted octanol–water partition coefficient (Wildman–Crippen LogP) is 4.98. The summed E-state index contributed by atoms with van der Waals surface area (Å²) in [7, 11) is 0. The Morgan fingerprint density at radius 1 is 0.975 bits per heavy atom. The van der Waals surface area contributed by atoms with Crippen molar-refractivity contribution in [2.24, 2.45) is 0 Å². The molecule has 1 atom stereocenters. The van der Waals surface area contributed by atoms with Crippen LogP contribution in [0.1, 0.15) is 105 Å². The lowest BCUT2D eigenvalue weighted by Crippen LogP contribution is -2.45. The van der Waals surface area contributed by atoms with Gasteiger partial charge in [-0.05, 0) is 76.6 Å². The first-order chi connectivity index (χ1) is 19.3. The van der Waals surface area contributed by atoms with Gasteiger partial charge in [0, 0.05) is 31.0 Å². The molecule has 2 saturated carbocycles. The molecule has 2 heterocycles. The highest BCUT2D eigenvalue weighted by Crippen LogP contribution is 2.37. The second-order valence-electron chi connectivity index (χ2n) is 11.5. The van der Waals surface area contributed by atoms with Crippen molar-refractivity contribution in [2.45, 2.75) is 101 Å². The van der Waals surface area contributed by atoms with Crippen LogP contribution in [0.15, 0.2) is 24.3 Å². The number of amides is 2. The molecule has 40 heavy (non-hydrogen) atoms. The van der Waals surface area contributed by atoms with Crippen LogP contribution in [-0.4, -0.2) is 63.2 Å². The third kappa shape index (κ3) is 7.03. The number of rotatable bonds is 10. The summed E-state index contributed by atoms with van der Waals surface area (Å²) in [4.78, 5) is 33.1. The van der Waals surface area contributed by atoms with Crippen LogP contribution in [0, 0.1) is 0 Å². The monoisotopic (exact) mass is 560 g/mol. The second-order valence-corrected chi connectivity index (χ2v) is 11.5. The highest BCUT2D eigenvalue weighted by Gasteiger charge is 2.36. The lowest BCUT2D eigenvalue weighted by molar-refractivity contribution is -0.137. The summed E-state index contributed by atoms with van der Waals surface area (Å²) in [6.07, 6.45) is 6.19. The molecule has 5 rings (SSSR count). The predicted molar refractivity (Wildman–Crippen MR) is 144 cm³/mol. The van der Waals surface area contributed by atoms with Gasteiger partial charge < -0.3 is 15.5 Å². The Kier molecular flexibility index (Phi) is 9.07. The van der Waals surface area contributed by atoms with Crippen molar-refractivity contribution < 1.29 is 22.8 Å². The number of para-hydroxylation sites is 1. The van der Waals surface area contributed by atoms with E-state index in [2.05, 4.69) is 25.6 Å². The van der Waals surface area contributed by atoms with Gasteiger partial charge in [0.1, 0.15) is 5.82 Å². The van der Waals surface area contributed by atoms with Crippen molar-refractivity contribution >= 4 is 11.8 Å². The lowest BCUT2D eigenvalue weighted by atomic mass is 9.93. The van der Waals surface area contributed by atoms with Crippen LogP contribution in [0.4, 0.5) is 13.2 Å². The lowest BCUT2D eigenvalue weighted by Gasteiger charge is -2.29. The Bertz CT molecular complexity index is 1170. The number of benzene rings is 1. The minimum absolute atomic E-state index is 0.0708. The normalized spacial score (nSPS) is 19.8. The van der Waals surface area contributed by atoms with Gasteiger partial charge in [0.15, 0.2) is 0 Å². The fourth-order valence-electron chi connectivity index (χ4n) is 6.00. The molecule has 11 heteroatoms. The van der Waals surface area contributed by atoms with Crippen molar-refractivity contribution in [3.8, 4) is 5.69 Å². The van der Waals surface area contributed by atoms with E-state index in [4.69, 9.17) is 0 Å². The standard InChI is InChI=1S/C29H39F3N6O2/c30-29(31,32)23-13-4-5-14-24(23)38-27(20-9-2-3-10-20)35-26(36-38)28(40)34-22(15-18-37-16-6-1-7-17-37)19-25(39)33-21-11-8-12-21/h4-5,13-14,20-22H,1-3,6-12,15-19H2,(H,33,39)(H,34,40)/t22-/m0/s1. The molecule has 2 amide bonds. The Balaban J connectivity index is 1.37. The van der Waals surface area contributed by atoms with E-state index >= 15 is 0 Å². The van der Waals surface area contributed by atoms with Gasteiger partial charge in [-0.25, -0.2) is 9.67 Å². The number of likely N-dealkylation sites (tertiary alicyclic amines) is 1. The number of halogens is 3. The van der Waals surface area contributed by atoms with Crippen molar-refractivity contribution in [1.82, 2.24) is 30.3 Å². The maximum absolute atomic E-state index is 13.9. The maximum Gasteiger partial charge on any atom is 0.418 e. The van der Waals surface area contributed by atoms with E-state index < -0.39 is 23.7 Å². The van der Waals surface area contributed by atoms with Crippen LogP contribution < -0.4 is 10.6 Å². The summed E-state index contributed by atoms with van der Waals surface area (Å²) in [5.41, 5.74) is -0.955. The molecule has 1 aromatic heterocycles. The zero-order valence-electron chi connectivity index (χ0n) is 22.9. The number of carbonyl (C=O) groups excluding carboxylic acids is 2. The Hall–Kier alpha value is -2.95. The largest absolute Gasteiger partial charge is 0.418 e. The average Bonchev–Trinajstić information content (AvgIpc) is 3.60. The smallest absolute Gasteiger partial charge is 0.353 e. The molecule has 0 unspecified atom stereocenters. The molecule has 0 radical (unpaired) electrons. The van der Waals surface area contributed by atoms with Crippen molar-refractivity contribution in [3.63, 3.8) is 0 Å². The Morgan fingerprint density at radius 2 is 1.70 bits per heavy atom. The number of nitrogens with zero attached hydrogens (tertiary/aromatic N) is 4. The van der Waals surface area contributed by atoms with Gasteiger partial charge in [-0.3, -0.25) is 9.59 Å². The number of carbonyl (C=O) groups is 2. The van der Waals surface area contributed by atoms with Crippen molar-refractivity contribution in [1.29, 1.82) is 0 Å². The van der Waals surface area contributed by atoms with Gasteiger partial charge in [0.05, 0.1) is 11.3 Å². The molecular formula is C29H39F3N6O2. The van der Waals surface area contributed by atoms with E-state index in [-0.39, 0.29) is 35.8 Å².